The van der Waals surface area contributed by atoms with Crippen LogP contribution in [0.3, 0.4) is 0 Å². The number of carbonyl (C=O) groups excluding carboxylic acids is 1. The Hall–Kier alpha value is -2.84. The van der Waals surface area contributed by atoms with Gasteiger partial charge in [-0.05, 0) is 33.6 Å². The molecule has 0 aliphatic rings. The van der Waals surface area contributed by atoms with Crippen LogP contribution in [-0.2, 0) is 11.3 Å². The molecule has 7 nitrogen and oxygen atoms in total. The molecule has 3 heterocycles. The number of rotatable bonds is 6. The molecule has 0 radical (unpaired) electrons. The Morgan fingerprint density at radius 3 is 2.85 bits per heavy atom. The second kappa shape index (κ2) is 7.42. The van der Waals surface area contributed by atoms with Crippen molar-refractivity contribution in [2.75, 3.05) is 19.0 Å². The molecule has 4 aromatic rings. The molecule has 0 saturated carbocycles. The van der Waals surface area contributed by atoms with Crippen molar-refractivity contribution >= 4 is 38.6 Å². The standard InChI is InChI=1S/C19H17BrN4O3/c1-26-7-6-24-15-9-18(20)27-17(15)8-16(24)19(25)23-13-4-2-12(3-5-13)14-10-21-11-22-14/h2-5,8-11H,6-7H2,1H3,(H,21,22)(H,23,25). The lowest BCUT2D eigenvalue weighted by molar-refractivity contribution is 0.101. The first kappa shape index (κ1) is 17.6. The maximum atomic E-state index is 12.8. The van der Waals surface area contributed by atoms with Crippen molar-refractivity contribution in [1.29, 1.82) is 0 Å². The van der Waals surface area contributed by atoms with Gasteiger partial charge in [-0.1, -0.05) is 12.1 Å². The zero-order chi connectivity index (χ0) is 18.8. The van der Waals surface area contributed by atoms with E-state index >= 15 is 0 Å². The molecule has 1 amide bonds. The third kappa shape index (κ3) is 3.54. The number of anilines is 1. The molecule has 3 aromatic heterocycles. The van der Waals surface area contributed by atoms with Gasteiger partial charge in [-0.15, -0.1) is 0 Å². The molecular weight excluding hydrogens is 412 g/mol. The van der Waals surface area contributed by atoms with Crippen LogP contribution in [0.5, 0.6) is 0 Å². The minimum absolute atomic E-state index is 0.206. The molecule has 27 heavy (non-hydrogen) atoms. The van der Waals surface area contributed by atoms with Crippen molar-refractivity contribution in [2.24, 2.45) is 0 Å². The van der Waals surface area contributed by atoms with Crippen LogP contribution in [0.1, 0.15) is 10.5 Å². The summed E-state index contributed by atoms with van der Waals surface area (Å²) >= 11 is 3.33. The van der Waals surface area contributed by atoms with Gasteiger partial charge in [0.2, 0.25) is 0 Å². The highest BCUT2D eigenvalue weighted by molar-refractivity contribution is 9.10. The molecule has 0 atom stereocenters. The Morgan fingerprint density at radius 1 is 1.33 bits per heavy atom. The molecule has 0 spiro atoms. The number of methoxy groups -OCH3 is 1. The topological polar surface area (TPSA) is 85.1 Å². The first-order valence-corrected chi connectivity index (χ1v) is 9.12. The second-order valence-electron chi connectivity index (χ2n) is 5.97. The van der Waals surface area contributed by atoms with Gasteiger partial charge in [0.05, 0.1) is 30.3 Å². The summed E-state index contributed by atoms with van der Waals surface area (Å²) in [5.41, 5.74) is 4.64. The van der Waals surface area contributed by atoms with Gasteiger partial charge in [0.1, 0.15) is 5.69 Å². The van der Waals surface area contributed by atoms with Gasteiger partial charge in [-0.3, -0.25) is 4.79 Å². The molecule has 1 aromatic carbocycles. The Balaban J connectivity index is 1.58. The van der Waals surface area contributed by atoms with E-state index in [1.165, 1.54) is 0 Å². The number of H-pyrrole nitrogens is 1. The Morgan fingerprint density at radius 2 is 2.15 bits per heavy atom. The predicted molar refractivity (Wildman–Crippen MR) is 106 cm³/mol. The van der Waals surface area contributed by atoms with E-state index in [4.69, 9.17) is 9.15 Å². The maximum absolute atomic E-state index is 12.8. The van der Waals surface area contributed by atoms with Crippen LogP contribution in [0.4, 0.5) is 5.69 Å². The molecule has 0 bridgehead atoms. The zero-order valence-electron chi connectivity index (χ0n) is 14.5. The van der Waals surface area contributed by atoms with Gasteiger partial charge in [0.25, 0.3) is 5.91 Å². The predicted octanol–water partition coefficient (Wildman–Crippen LogP) is 4.29. The number of nitrogens with one attached hydrogen (secondary N) is 2. The molecule has 0 unspecified atom stereocenters. The number of hydrogen-bond acceptors (Lipinski definition) is 4. The largest absolute Gasteiger partial charge is 0.448 e. The molecule has 2 N–H and O–H groups in total. The molecule has 4 rings (SSSR count). The number of nitrogens with zero attached hydrogens (tertiary/aromatic N) is 2. The van der Waals surface area contributed by atoms with Gasteiger partial charge in [0, 0.05) is 31.5 Å². The van der Waals surface area contributed by atoms with Gasteiger partial charge in [-0.25, -0.2) is 4.98 Å². The van der Waals surface area contributed by atoms with Crippen LogP contribution in [0, 0.1) is 0 Å². The average molecular weight is 429 g/mol. The maximum Gasteiger partial charge on any atom is 0.272 e. The van der Waals surface area contributed by atoms with E-state index in [0.29, 0.717) is 34.8 Å². The first-order valence-electron chi connectivity index (χ1n) is 8.33. The highest BCUT2D eigenvalue weighted by Crippen LogP contribution is 2.28. The van der Waals surface area contributed by atoms with Crippen molar-refractivity contribution < 1.29 is 13.9 Å². The van der Waals surface area contributed by atoms with Crippen LogP contribution in [0.2, 0.25) is 0 Å². The number of ether oxygens (including phenoxy) is 1. The molecule has 138 valence electrons. The number of carbonyl (C=O) groups is 1. The van der Waals surface area contributed by atoms with E-state index in [1.54, 1.807) is 25.7 Å². The molecule has 0 aliphatic heterocycles. The van der Waals surface area contributed by atoms with E-state index in [2.05, 4.69) is 31.2 Å². The second-order valence-corrected chi connectivity index (χ2v) is 6.75. The number of fused-ring (bicyclic) bond motifs is 1. The molecular formula is C19H17BrN4O3. The highest BCUT2D eigenvalue weighted by atomic mass is 79.9. The summed E-state index contributed by atoms with van der Waals surface area (Å²) in [4.78, 5) is 19.9. The minimum atomic E-state index is -0.206. The number of furan rings is 1. The molecule has 0 fully saturated rings. The van der Waals surface area contributed by atoms with Crippen LogP contribution >= 0.6 is 15.9 Å². The van der Waals surface area contributed by atoms with Crippen molar-refractivity contribution in [1.82, 2.24) is 14.5 Å². The van der Waals surface area contributed by atoms with E-state index < -0.39 is 0 Å². The summed E-state index contributed by atoms with van der Waals surface area (Å²) in [7, 11) is 1.63. The van der Waals surface area contributed by atoms with Gasteiger partial charge < -0.3 is 24.0 Å². The normalized spacial score (nSPS) is 11.2. The zero-order valence-corrected chi connectivity index (χ0v) is 16.1. The molecule has 0 aliphatic carbocycles. The van der Waals surface area contributed by atoms with Crippen LogP contribution in [0.15, 0.2) is 58.0 Å². The monoisotopic (exact) mass is 428 g/mol. The summed E-state index contributed by atoms with van der Waals surface area (Å²) in [6, 6.07) is 11.2. The summed E-state index contributed by atoms with van der Waals surface area (Å²) in [6.07, 6.45) is 3.39. The molecule has 8 heteroatoms. The lowest BCUT2D eigenvalue weighted by Gasteiger charge is -2.10. The Labute approximate surface area is 163 Å². The Kier molecular flexibility index (Phi) is 4.83. The number of imidazole rings is 1. The number of hydrogen-bond donors (Lipinski definition) is 2. The first-order chi connectivity index (χ1) is 13.2. The average Bonchev–Trinajstić information content (AvgIpc) is 3.37. The van der Waals surface area contributed by atoms with Crippen LogP contribution < -0.4 is 5.32 Å². The van der Waals surface area contributed by atoms with Gasteiger partial charge in [-0.2, -0.15) is 0 Å². The van der Waals surface area contributed by atoms with Crippen molar-refractivity contribution in [3.05, 3.63) is 59.3 Å². The fourth-order valence-electron chi connectivity index (χ4n) is 2.97. The summed E-state index contributed by atoms with van der Waals surface area (Å²) < 4.78 is 13.3. The fraction of sp³-hybridized carbons (Fsp3) is 0.158. The Bertz CT molecular complexity index is 1060. The summed E-state index contributed by atoms with van der Waals surface area (Å²) in [5, 5.41) is 2.93. The fourth-order valence-corrected chi connectivity index (χ4v) is 3.36. The molecule has 0 saturated heterocycles. The lowest BCUT2D eigenvalue weighted by atomic mass is 10.1. The van der Waals surface area contributed by atoms with E-state index in [0.717, 1.165) is 16.8 Å². The van der Waals surface area contributed by atoms with Crippen LogP contribution in [0.25, 0.3) is 22.4 Å². The third-order valence-electron chi connectivity index (χ3n) is 4.26. The van der Waals surface area contributed by atoms with Gasteiger partial charge >= 0.3 is 0 Å². The van der Waals surface area contributed by atoms with Crippen molar-refractivity contribution in [3.8, 4) is 11.3 Å². The highest BCUT2D eigenvalue weighted by Gasteiger charge is 2.18. The van der Waals surface area contributed by atoms with Crippen molar-refractivity contribution in [2.45, 2.75) is 6.54 Å². The smallest absolute Gasteiger partial charge is 0.272 e. The van der Waals surface area contributed by atoms with E-state index in [-0.39, 0.29) is 5.91 Å². The number of aromatic nitrogens is 3. The van der Waals surface area contributed by atoms with E-state index in [1.807, 2.05) is 34.9 Å². The van der Waals surface area contributed by atoms with Crippen molar-refractivity contribution in [3.63, 3.8) is 0 Å². The van der Waals surface area contributed by atoms with E-state index in [9.17, 15) is 4.79 Å². The lowest BCUT2D eigenvalue weighted by Crippen LogP contribution is -2.18. The summed E-state index contributed by atoms with van der Waals surface area (Å²) in [5.74, 6) is -0.206. The number of halogens is 1. The summed E-state index contributed by atoms with van der Waals surface area (Å²) in [6.45, 7) is 1.04. The van der Waals surface area contributed by atoms with Crippen LogP contribution in [-0.4, -0.2) is 34.2 Å². The third-order valence-corrected chi connectivity index (χ3v) is 4.65. The number of benzene rings is 1. The number of amides is 1. The number of aromatic amines is 1. The quantitative estimate of drug-likeness (QED) is 0.479. The minimum Gasteiger partial charge on any atom is -0.448 e. The van der Waals surface area contributed by atoms with Gasteiger partial charge in [0.15, 0.2) is 10.3 Å². The SMILES string of the molecule is COCCn1c(C(=O)Nc2ccc(-c3cnc[nH]3)cc2)cc2oc(Br)cc21.